The van der Waals surface area contributed by atoms with Crippen LogP contribution in [0.4, 0.5) is 5.69 Å². The van der Waals surface area contributed by atoms with Crippen molar-refractivity contribution in [2.45, 2.75) is 31.1 Å². The van der Waals surface area contributed by atoms with Gasteiger partial charge in [0, 0.05) is 16.4 Å². The first kappa shape index (κ1) is 22.5. The van der Waals surface area contributed by atoms with Crippen LogP contribution in [0.2, 0.25) is 0 Å². The van der Waals surface area contributed by atoms with Gasteiger partial charge in [0.15, 0.2) is 0 Å². The number of rotatable bonds is 8. The molecular formula is C20H25BrNO5PS. The predicted molar refractivity (Wildman–Crippen MR) is 118 cm³/mol. The molecule has 1 heterocycles. The molecule has 1 atom stereocenters. The van der Waals surface area contributed by atoms with E-state index in [1.807, 2.05) is 19.1 Å². The van der Waals surface area contributed by atoms with Gasteiger partial charge >= 0.3 is 7.60 Å². The molecule has 3 rings (SSSR count). The summed E-state index contributed by atoms with van der Waals surface area (Å²) in [5.41, 5.74) is 0.644. The van der Waals surface area contributed by atoms with Crippen LogP contribution in [0.15, 0.2) is 57.9 Å². The number of benzene rings is 2. The normalized spacial score (nSPS) is 19.4. The Morgan fingerprint density at radius 2 is 1.72 bits per heavy atom. The summed E-state index contributed by atoms with van der Waals surface area (Å²) in [5, 5.41) is 0. The summed E-state index contributed by atoms with van der Waals surface area (Å²) < 4.78 is 53.2. The molecule has 0 saturated carbocycles. The molecule has 158 valence electrons. The van der Waals surface area contributed by atoms with Crippen molar-refractivity contribution in [2.24, 2.45) is 0 Å². The quantitative estimate of drug-likeness (QED) is 0.465. The number of hydrogen-bond donors (Lipinski definition) is 0. The second-order valence-corrected chi connectivity index (χ2v) is 12.0. The van der Waals surface area contributed by atoms with E-state index >= 15 is 0 Å². The van der Waals surface area contributed by atoms with Crippen LogP contribution in [0.3, 0.4) is 0 Å². The van der Waals surface area contributed by atoms with Gasteiger partial charge < -0.3 is 9.05 Å². The Morgan fingerprint density at radius 1 is 1.10 bits per heavy atom. The van der Waals surface area contributed by atoms with Crippen molar-refractivity contribution in [3.8, 4) is 0 Å². The molecule has 0 amide bonds. The van der Waals surface area contributed by atoms with Gasteiger partial charge in [-0.05, 0) is 49.7 Å². The average Bonchev–Trinajstić information content (AvgIpc) is 2.95. The van der Waals surface area contributed by atoms with E-state index in [9.17, 15) is 13.0 Å². The highest BCUT2D eigenvalue weighted by Crippen LogP contribution is 2.56. The molecule has 0 N–H and O–H groups in total. The molecule has 1 unspecified atom stereocenters. The monoisotopic (exact) mass is 501 g/mol. The van der Waals surface area contributed by atoms with Gasteiger partial charge in [0.2, 0.25) is 0 Å². The van der Waals surface area contributed by atoms with Gasteiger partial charge in [-0.15, -0.1) is 0 Å². The average molecular weight is 502 g/mol. The zero-order valence-electron chi connectivity index (χ0n) is 16.7. The summed E-state index contributed by atoms with van der Waals surface area (Å²) >= 11 is 3.47. The summed E-state index contributed by atoms with van der Waals surface area (Å²) in [5.74, 6) is 0. The van der Waals surface area contributed by atoms with Crippen LogP contribution in [-0.2, 0) is 29.1 Å². The van der Waals surface area contributed by atoms with Crippen molar-refractivity contribution in [1.29, 1.82) is 0 Å². The Hall–Kier alpha value is -1.18. The third-order valence-corrected chi connectivity index (χ3v) is 9.55. The van der Waals surface area contributed by atoms with Gasteiger partial charge in [-0.2, -0.15) is 0 Å². The molecule has 2 aromatic carbocycles. The minimum atomic E-state index is -3.77. The lowest BCUT2D eigenvalue weighted by Crippen LogP contribution is -2.37. The van der Waals surface area contributed by atoms with Gasteiger partial charge in [-0.25, -0.2) is 8.42 Å². The maximum atomic E-state index is 13.4. The van der Waals surface area contributed by atoms with Crippen molar-refractivity contribution in [1.82, 2.24) is 0 Å². The molecule has 0 aromatic heterocycles. The summed E-state index contributed by atoms with van der Waals surface area (Å²) in [6.45, 7) is 6.10. The van der Waals surface area contributed by atoms with Gasteiger partial charge in [-0.3, -0.25) is 8.87 Å². The fraction of sp³-hybridized carbons (Fsp3) is 0.400. The molecule has 1 aliphatic rings. The van der Waals surface area contributed by atoms with E-state index in [0.29, 0.717) is 5.69 Å². The molecule has 29 heavy (non-hydrogen) atoms. The molecule has 0 fully saturated rings. The summed E-state index contributed by atoms with van der Waals surface area (Å²) in [6, 6.07) is 13.8. The Morgan fingerprint density at radius 3 is 2.31 bits per heavy atom. The Labute approximate surface area is 180 Å². The first-order valence-corrected chi connectivity index (χ1v) is 13.4. The summed E-state index contributed by atoms with van der Waals surface area (Å²) in [6.07, 6.45) is 0.0892. The molecule has 0 saturated heterocycles. The fourth-order valence-electron chi connectivity index (χ4n) is 3.72. The number of halogens is 1. The number of fused-ring (bicyclic) bond motifs is 1. The lowest BCUT2D eigenvalue weighted by Gasteiger charge is -2.29. The van der Waals surface area contributed by atoms with E-state index < -0.39 is 23.0 Å². The molecule has 0 aliphatic carbocycles. The van der Waals surface area contributed by atoms with E-state index in [1.165, 1.54) is 4.31 Å². The van der Waals surface area contributed by atoms with E-state index in [0.717, 1.165) is 10.0 Å². The van der Waals surface area contributed by atoms with Crippen molar-refractivity contribution in [3.05, 3.63) is 58.6 Å². The third kappa shape index (κ3) is 4.47. The first-order chi connectivity index (χ1) is 13.6. The van der Waals surface area contributed by atoms with E-state index in [2.05, 4.69) is 15.9 Å². The highest BCUT2D eigenvalue weighted by molar-refractivity contribution is 9.10. The maximum absolute atomic E-state index is 13.4. The second-order valence-electron chi connectivity index (χ2n) is 7.15. The highest BCUT2D eigenvalue weighted by Gasteiger charge is 2.48. The molecule has 2 aromatic rings. The molecule has 9 heteroatoms. The largest absolute Gasteiger partial charge is 0.331 e. The predicted octanol–water partition coefficient (Wildman–Crippen LogP) is 5.18. The van der Waals surface area contributed by atoms with Gasteiger partial charge in [0.1, 0.15) is 0 Å². The fourth-order valence-corrected chi connectivity index (χ4v) is 7.87. The van der Waals surface area contributed by atoms with Crippen LogP contribution in [0, 0.1) is 0 Å². The smallest absolute Gasteiger partial charge is 0.309 e. The molecule has 6 nitrogen and oxygen atoms in total. The van der Waals surface area contributed by atoms with E-state index in [1.54, 1.807) is 50.2 Å². The Balaban J connectivity index is 2.08. The van der Waals surface area contributed by atoms with E-state index in [-0.39, 0.29) is 30.8 Å². The van der Waals surface area contributed by atoms with Crippen molar-refractivity contribution in [2.75, 3.05) is 30.2 Å². The van der Waals surface area contributed by atoms with Gasteiger partial charge in [0.25, 0.3) is 10.0 Å². The van der Waals surface area contributed by atoms with Gasteiger partial charge in [0.05, 0.1) is 30.0 Å². The SMILES string of the molecule is CCOP(=O)(CC1(C)CN(S(=O)(=O)c2ccccc2)c2ccc(Br)cc21)OCC. The van der Waals surface area contributed by atoms with Crippen molar-refractivity contribution < 1.29 is 22.0 Å². The van der Waals surface area contributed by atoms with Crippen LogP contribution in [0.5, 0.6) is 0 Å². The lowest BCUT2D eigenvalue weighted by molar-refractivity contribution is 0.215. The van der Waals surface area contributed by atoms with E-state index in [4.69, 9.17) is 9.05 Å². The molecule has 0 bridgehead atoms. The summed E-state index contributed by atoms with van der Waals surface area (Å²) in [4.78, 5) is 0.218. The Kier molecular flexibility index (Phi) is 6.61. The number of hydrogen-bond acceptors (Lipinski definition) is 5. The van der Waals surface area contributed by atoms with Crippen molar-refractivity contribution in [3.63, 3.8) is 0 Å². The number of anilines is 1. The number of sulfonamides is 1. The topological polar surface area (TPSA) is 72.9 Å². The molecule has 0 radical (unpaired) electrons. The molecular weight excluding hydrogens is 477 g/mol. The highest BCUT2D eigenvalue weighted by atomic mass is 79.9. The van der Waals surface area contributed by atoms with Crippen LogP contribution < -0.4 is 4.31 Å². The number of nitrogens with zero attached hydrogens (tertiary/aromatic N) is 1. The molecule has 0 spiro atoms. The maximum Gasteiger partial charge on any atom is 0.331 e. The van der Waals surface area contributed by atoms with Crippen LogP contribution >= 0.6 is 23.5 Å². The zero-order chi connectivity index (χ0) is 21.3. The summed E-state index contributed by atoms with van der Waals surface area (Å²) in [7, 11) is -7.16. The van der Waals surface area contributed by atoms with Crippen LogP contribution in [0.25, 0.3) is 0 Å². The van der Waals surface area contributed by atoms with Gasteiger partial charge in [-0.1, -0.05) is 41.1 Å². The zero-order valence-corrected chi connectivity index (χ0v) is 20.0. The third-order valence-electron chi connectivity index (χ3n) is 4.90. The van der Waals surface area contributed by atoms with Crippen LogP contribution in [-0.4, -0.2) is 34.3 Å². The lowest BCUT2D eigenvalue weighted by atomic mass is 9.87. The van der Waals surface area contributed by atoms with Crippen molar-refractivity contribution >= 4 is 39.2 Å². The van der Waals surface area contributed by atoms with Crippen LogP contribution in [0.1, 0.15) is 26.3 Å². The minimum Gasteiger partial charge on any atom is -0.309 e. The molecule has 1 aliphatic heterocycles. The minimum absolute atomic E-state index is 0.0892. The first-order valence-electron chi connectivity index (χ1n) is 9.41. The Bertz CT molecular complexity index is 1020. The second kappa shape index (κ2) is 8.52. The standard InChI is InChI=1S/C20H25BrNO5PS/c1-4-26-28(23,27-5-2)15-20(3)14-22(19-12-11-16(21)13-18(19)20)29(24,25)17-9-7-6-8-10-17/h6-13H,4-5,14-15H2,1-3H3.